The summed E-state index contributed by atoms with van der Waals surface area (Å²) in [6.45, 7) is 1.02. The summed E-state index contributed by atoms with van der Waals surface area (Å²) in [7, 11) is 0. The molecule has 1 atom stereocenters. The summed E-state index contributed by atoms with van der Waals surface area (Å²) in [6, 6.07) is 12.7. The third-order valence-electron chi connectivity index (χ3n) is 5.11. The highest BCUT2D eigenvalue weighted by Gasteiger charge is 2.24. The zero-order valence-corrected chi connectivity index (χ0v) is 15.6. The van der Waals surface area contributed by atoms with E-state index in [1.807, 2.05) is 24.3 Å². The number of para-hydroxylation sites is 1. The minimum atomic E-state index is -0.594. The lowest BCUT2D eigenvalue weighted by Gasteiger charge is -2.28. The van der Waals surface area contributed by atoms with Gasteiger partial charge in [0, 0.05) is 30.9 Å². The lowest BCUT2D eigenvalue weighted by Crippen LogP contribution is -2.37. The van der Waals surface area contributed by atoms with Crippen LogP contribution in [0.3, 0.4) is 0 Å². The van der Waals surface area contributed by atoms with Crippen LogP contribution in [0.4, 0.5) is 0 Å². The van der Waals surface area contributed by atoms with Crippen molar-refractivity contribution in [3.05, 3.63) is 88.6 Å². The van der Waals surface area contributed by atoms with Crippen LogP contribution < -0.4 is 5.63 Å². The van der Waals surface area contributed by atoms with Gasteiger partial charge in [-0.3, -0.25) is 9.78 Å². The maximum absolute atomic E-state index is 13.3. The van der Waals surface area contributed by atoms with E-state index < -0.39 is 5.63 Å². The average molecular weight is 374 g/mol. The van der Waals surface area contributed by atoms with E-state index in [4.69, 9.17) is 4.42 Å². The molecule has 1 amide bonds. The highest BCUT2D eigenvalue weighted by atomic mass is 16.4. The van der Waals surface area contributed by atoms with E-state index in [1.54, 1.807) is 35.5 Å². The van der Waals surface area contributed by atoms with Gasteiger partial charge in [0.15, 0.2) is 0 Å². The Morgan fingerprint density at radius 1 is 1.18 bits per heavy atom. The first-order valence-electron chi connectivity index (χ1n) is 9.57. The molecule has 0 unspecified atom stereocenters. The molecule has 4 rings (SSSR count). The van der Waals surface area contributed by atoms with Gasteiger partial charge < -0.3 is 9.32 Å². The van der Waals surface area contributed by atoms with E-state index >= 15 is 0 Å². The van der Waals surface area contributed by atoms with Crippen molar-refractivity contribution >= 4 is 16.9 Å². The Bertz CT molecular complexity index is 1060. The quantitative estimate of drug-likeness (QED) is 0.496. The van der Waals surface area contributed by atoms with Crippen LogP contribution in [0.25, 0.3) is 11.0 Å². The fraction of sp³-hybridized carbons (Fsp3) is 0.261. The molecule has 142 valence electrons. The van der Waals surface area contributed by atoms with Gasteiger partial charge in [-0.25, -0.2) is 4.79 Å². The maximum atomic E-state index is 13.3. The molecule has 1 aromatic carbocycles. The number of carbonyl (C=O) groups excluding carboxylic acids is 1. The Balaban J connectivity index is 1.66. The number of hydrogen-bond donors (Lipinski definition) is 0. The second kappa shape index (κ2) is 8.21. The number of carbonyl (C=O) groups is 1. The number of amides is 1. The largest absolute Gasteiger partial charge is 0.422 e. The first kappa shape index (κ1) is 18.2. The molecule has 2 heterocycles. The minimum absolute atomic E-state index is 0.0777. The lowest BCUT2D eigenvalue weighted by molar-refractivity contribution is 0.0706. The topological polar surface area (TPSA) is 63.4 Å². The van der Waals surface area contributed by atoms with Crippen LogP contribution in [0.5, 0.6) is 0 Å². The van der Waals surface area contributed by atoms with E-state index in [9.17, 15) is 9.59 Å². The molecule has 5 nitrogen and oxygen atoms in total. The maximum Gasteiger partial charge on any atom is 0.349 e. The second-order valence-electron chi connectivity index (χ2n) is 7.18. The Morgan fingerprint density at radius 2 is 2.07 bits per heavy atom. The van der Waals surface area contributed by atoms with Crippen LogP contribution in [-0.2, 0) is 6.54 Å². The van der Waals surface area contributed by atoms with Crippen molar-refractivity contribution in [1.82, 2.24) is 9.88 Å². The van der Waals surface area contributed by atoms with E-state index in [0.29, 0.717) is 24.6 Å². The summed E-state index contributed by atoms with van der Waals surface area (Å²) in [6.07, 6.45) is 10.8. The third-order valence-corrected chi connectivity index (χ3v) is 5.11. The highest BCUT2D eigenvalue weighted by Crippen LogP contribution is 2.22. The van der Waals surface area contributed by atoms with E-state index in [1.165, 1.54) is 0 Å². The van der Waals surface area contributed by atoms with E-state index in [-0.39, 0.29) is 11.5 Å². The first-order valence-corrected chi connectivity index (χ1v) is 9.57. The van der Waals surface area contributed by atoms with Crippen LogP contribution in [0.2, 0.25) is 0 Å². The van der Waals surface area contributed by atoms with Crippen molar-refractivity contribution < 1.29 is 9.21 Å². The SMILES string of the molecule is O=C(c1cc2ccccc2oc1=O)N(Cc1cccnc1)C[C@H]1CC=CCC1. The van der Waals surface area contributed by atoms with Crippen molar-refractivity contribution in [1.29, 1.82) is 0 Å². The molecule has 28 heavy (non-hydrogen) atoms. The van der Waals surface area contributed by atoms with Crippen LogP contribution in [0, 0.1) is 5.92 Å². The molecule has 0 radical (unpaired) electrons. The van der Waals surface area contributed by atoms with Crippen molar-refractivity contribution in [2.24, 2.45) is 5.92 Å². The summed E-state index contributed by atoms with van der Waals surface area (Å²) in [4.78, 5) is 31.7. The molecule has 0 bridgehead atoms. The van der Waals surface area contributed by atoms with Crippen molar-refractivity contribution in [2.45, 2.75) is 25.8 Å². The molecule has 0 aliphatic heterocycles. The summed E-state index contributed by atoms with van der Waals surface area (Å²) >= 11 is 0. The standard InChI is InChI=1S/C23H22N2O3/c26-22(20-13-19-10-4-5-11-21(19)28-23(20)27)25(15-17-7-2-1-3-8-17)16-18-9-6-12-24-14-18/h1-2,4-6,9-14,17H,3,7-8,15-16H2/t17-/m0/s1. The summed E-state index contributed by atoms with van der Waals surface area (Å²) < 4.78 is 5.38. The van der Waals surface area contributed by atoms with E-state index in [0.717, 1.165) is 30.2 Å². The number of nitrogens with zero attached hydrogens (tertiary/aromatic N) is 2. The number of pyridine rings is 1. The van der Waals surface area contributed by atoms with Crippen LogP contribution in [-0.4, -0.2) is 22.3 Å². The van der Waals surface area contributed by atoms with Crippen LogP contribution >= 0.6 is 0 Å². The van der Waals surface area contributed by atoms with Crippen LogP contribution in [0.15, 0.2) is 76.2 Å². The Kier molecular flexibility index (Phi) is 5.33. The highest BCUT2D eigenvalue weighted by molar-refractivity contribution is 5.96. The fourth-order valence-electron chi connectivity index (χ4n) is 3.65. The van der Waals surface area contributed by atoms with E-state index in [2.05, 4.69) is 17.1 Å². The molecule has 2 aromatic heterocycles. The van der Waals surface area contributed by atoms with Crippen molar-refractivity contribution in [2.75, 3.05) is 6.54 Å². The number of allylic oxidation sites excluding steroid dienone is 2. The molecule has 1 aliphatic carbocycles. The van der Waals surface area contributed by atoms with Crippen LogP contribution in [0.1, 0.15) is 35.2 Å². The molecular weight excluding hydrogens is 352 g/mol. The Labute approximate surface area is 163 Å². The second-order valence-corrected chi connectivity index (χ2v) is 7.18. The summed E-state index contributed by atoms with van der Waals surface area (Å²) in [5, 5.41) is 0.743. The number of hydrogen-bond acceptors (Lipinski definition) is 4. The number of fused-ring (bicyclic) bond motifs is 1. The van der Waals surface area contributed by atoms with Gasteiger partial charge in [0.05, 0.1) is 0 Å². The molecule has 3 aromatic rings. The van der Waals surface area contributed by atoms with Gasteiger partial charge >= 0.3 is 5.63 Å². The van der Waals surface area contributed by atoms with Gasteiger partial charge in [-0.15, -0.1) is 0 Å². The number of benzene rings is 1. The predicted octanol–water partition coefficient (Wildman–Crippen LogP) is 4.19. The number of rotatable bonds is 5. The molecule has 5 heteroatoms. The van der Waals surface area contributed by atoms with Gasteiger partial charge in [-0.1, -0.05) is 36.4 Å². The Morgan fingerprint density at radius 3 is 2.86 bits per heavy atom. The molecule has 0 spiro atoms. The molecule has 1 aliphatic rings. The molecule has 0 saturated carbocycles. The molecule has 0 N–H and O–H groups in total. The predicted molar refractivity (Wildman–Crippen MR) is 108 cm³/mol. The monoisotopic (exact) mass is 374 g/mol. The molecular formula is C23H22N2O3. The summed E-state index contributed by atoms with van der Waals surface area (Å²) in [5.41, 5.74) is 0.907. The van der Waals surface area contributed by atoms with Gasteiger partial charge in [-0.05, 0) is 48.9 Å². The van der Waals surface area contributed by atoms with Gasteiger partial charge in [-0.2, -0.15) is 0 Å². The lowest BCUT2D eigenvalue weighted by atomic mass is 9.93. The first-order chi connectivity index (χ1) is 13.7. The smallest absolute Gasteiger partial charge is 0.349 e. The van der Waals surface area contributed by atoms with Gasteiger partial charge in [0.2, 0.25) is 0 Å². The average Bonchev–Trinajstić information content (AvgIpc) is 2.74. The minimum Gasteiger partial charge on any atom is -0.422 e. The molecule has 0 saturated heterocycles. The van der Waals surface area contributed by atoms with Crippen molar-refractivity contribution in [3.8, 4) is 0 Å². The van der Waals surface area contributed by atoms with Gasteiger partial charge in [0.1, 0.15) is 11.1 Å². The normalized spacial score (nSPS) is 16.2. The Hall–Kier alpha value is -3.21. The zero-order chi connectivity index (χ0) is 19.3. The fourth-order valence-corrected chi connectivity index (χ4v) is 3.65. The molecule has 0 fully saturated rings. The van der Waals surface area contributed by atoms with Crippen molar-refractivity contribution in [3.63, 3.8) is 0 Å². The van der Waals surface area contributed by atoms with Gasteiger partial charge in [0.25, 0.3) is 5.91 Å². The number of aromatic nitrogens is 1. The third kappa shape index (κ3) is 4.03. The summed E-state index contributed by atoms with van der Waals surface area (Å²) in [5.74, 6) is 0.0935. The zero-order valence-electron chi connectivity index (χ0n) is 15.6.